The van der Waals surface area contributed by atoms with Gasteiger partial charge in [-0.15, -0.1) is 11.3 Å². The van der Waals surface area contributed by atoms with Crippen LogP contribution in [0.5, 0.6) is 0 Å². The maximum atomic E-state index is 11.1. The number of hydrogen-bond acceptors (Lipinski definition) is 7. The van der Waals surface area contributed by atoms with E-state index in [1.54, 1.807) is 24.4 Å². The van der Waals surface area contributed by atoms with Crippen molar-refractivity contribution in [1.82, 2.24) is 14.9 Å². The standard InChI is InChI=1S/C20H21N5O2S/c1-24-9-11-25(12-10-24)15-4-2-3-14(13-15)22-20-21-8-7-16(23-20)17-5-6-18(28-17)19(26)27/h2-8,13H,9-12H2,1H3,(H,26,27)(H,21,22,23). The van der Waals surface area contributed by atoms with Crippen molar-refractivity contribution in [3.63, 3.8) is 0 Å². The number of nitrogens with one attached hydrogen (secondary N) is 1. The lowest BCUT2D eigenvalue weighted by Gasteiger charge is -2.34. The molecule has 28 heavy (non-hydrogen) atoms. The van der Waals surface area contributed by atoms with Gasteiger partial charge in [-0.2, -0.15) is 0 Å². The van der Waals surface area contributed by atoms with Crippen molar-refractivity contribution in [1.29, 1.82) is 0 Å². The van der Waals surface area contributed by atoms with Crippen LogP contribution in [0.2, 0.25) is 0 Å². The van der Waals surface area contributed by atoms with Crippen molar-refractivity contribution in [2.45, 2.75) is 0 Å². The van der Waals surface area contributed by atoms with Gasteiger partial charge in [0.2, 0.25) is 5.95 Å². The lowest BCUT2D eigenvalue weighted by Crippen LogP contribution is -2.44. The fraction of sp³-hybridized carbons (Fsp3) is 0.250. The number of hydrogen-bond donors (Lipinski definition) is 2. The van der Waals surface area contributed by atoms with Crippen molar-refractivity contribution in [3.8, 4) is 10.6 Å². The summed E-state index contributed by atoms with van der Waals surface area (Å²) in [5.41, 5.74) is 2.80. The van der Waals surface area contributed by atoms with Crippen molar-refractivity contribution in [2.24, 2.45) is 0 Å². The van der Waals surface area contributed by atoms with Crippen LogP contribution in [-0.4, -0.2) is 59.2 Å². The summed E-state index contributed by atoms with van der Waals surface area (Å²) in [6.45, 7) is 4.14. The van der Waals surface area contributed by atoms with Crippen LogP contribution in [0.15, 0.2) is 48.7 Å². The fourth-order valence-electron chi connectivity index (χ4n) is 3.12. The average Bonchev–Trinajstić information content (AvgIpc) is 3.20. The topological polar surface area (TPSA) is 81.6 Å². The van der Waals surface area contributed by atoms with Gasteiger partial charge in [-0.25, -0.2) is 14.8 Å². The molecular formula is C20H21N5O2S. The summed E-state index contributed by atoms with van der Waals surface area (Å²) >= 11 is 1.20. The highest BCUT2D eigenvalue weighted by molar-refractivity contribution is 7.17. The largest absolute Gasteiger partial charge is 0.477 e. The minimum absolute atomic E-state index is 0.294. The normalized spacial score (nSPS) is 14.8. The Balaban J connectivity index is 1.51. The molecule has 1 aliphatic heterocycles. The van der Waals surface area contributed by atoms with Crippen molar-refractivity contribution in [3.05, 3.63) is 53.5 Å². The summed E-state index contributed by atoms with van der Waals surface area (Å²) in [5, 5.41) is 12.4. The molecule has 1 fully saturated rings. The average molecular weight is 395 g/mol. The molecule has 0 amide bonds. The third kappa shape index (κ3) is 4.13. The number of piperazine rings is 1. The fourth-order valence-corrected chi connectivity index (χ4v) is 3.94. The molecule has 144 valence electrons. The van der Waals surface area contributed by atoms with Crippen LogP contribution in [0.4, 0.5) is 17.3 Å². The number of aromatic nitrogens is 2. The SMILES string of the molecule is CN1CCN(c2cccc(Nc3nccc(-c4ccc(C(=O)O)s4)n3)c2)CC1. The van der Waals surface area contributed by atoms with Gasteiger partial charge in [0.15, 0.2) is 0 Å². The summed E-state index contributed by atoms with van der Waals surface area (Å²) in [5.74, 6) is -0.442. The number of carbonyl (C=O) groups is 1. The first kappa shape index (κ1) is 18.4. The van der Waals surface area contributed by atoms with E-state index in [0.717, 1.165) is 36.7 Å². The van der Waals surface area contributed by atoms with Crippen molar-refractivity contribution >= 4 is 34.6 Å². The highest BCUT2D eigenvalue weighted by Crippen LogP contribution is 2.28. The number of anilines is 3. The number of rotatable bonds is 5. The summed E-state index contributed by atoms with van der Waals surface area (Å²) in [7, 11) is 2.15. The van der Waals surface area contributed by atoms with Gasteiger partial charge in [0.1, 0.15) is 4.88 Å². The smallest absolute Gasteiger partial charge is 0.345 e. The minimum Gasteiger partial charge on any atom is -0.477 e. The summed E-state index contributed by atoms with van der Waals surface area (Å²) < 4.78 is 0. The Morgan fingerprint density at radius 1 is 1.14 bits per heavy atom. The Hall–Kier alpha value is -2.97. The maximum absolute atomic E-state index is 11.1. The Morgan fingerprint density at radius 2 is 1.96 bits per heavy atom. The molecule has 1 saturated heterocycles. The second-order valence-electron chi connectivity index (χ2n) is 6.70. The summed E-state index contributed by atoms with van der Waals surface area (Å²) in [4.78, 5) is 25.7. The quantitative estimate of drug-likeness (QED) is 0.685. The zero-order valence-electron chi connectivity index (χ0n) is 15.5. The van der Waals surface area contributed by atoms with Crippen LogP contribution in [0.25, 0.3) is 10.6 Å². The van der Waals surface area contributed by atoms with Gasteiger partial charge in [-0.1, -0.05) is 6.07 Å². The van der Waals surface area contributed by atoms with Gasteiger partial charge in [0.05, 0.1) is 10.6 Å². The molecule has 0 radical (unpaired) electrons. The molecule has 8 heteroatoms. The Bertz CT molecular complexity index is 982. The number of benzene rings is 1. The molecule has 2 N–H and O–H groups in total. The zero-order chi connectivity index (χ0) is 19.5. The Labute approximate surface area is 167 Å². The van der Waals surface area contributed by atoms with Crippen LogP contribution in [0.3, 0.4) is 0 Å². The first-order valence-electron chi connectivity index (χ1n) is 9.05. The third-order valence-electron chi connectivity index (χ3n) is 4.70. The first-order valence-corrected chi connectivity index (χ1v) is 9.87. The van der Waals surface area contributed by atoms with Gasteiger partial charge in [0.25, 0.3) is 0 Å². The molecule has 0 spiro atoms. The van der Waals surface area contributed by atoms with E-state index in [9.17, 15) is 4.79 Å². The van der Waals surface area contributed by atoms with E-state index in [1.165, 1.54) is 17.0 Å². The number of carboxylic acid groups (broad SMARTS) is 1. The highest BCUT2D eigenvalue weighted by atomic mass is 32.1. The van der Waals surface area contributed by atoms with Crippen LogP contribution in [0, 0.1) is 0 Å². The van der Waals surface area contributed by atoms with E-state index >= 15 is 0 Å². The molecule has 0 bridgehead atoms. The Kier molecular flexibility index (Phi) is 5.23. The number of aromatic carboxylic acids is 1. The van der Waals surface area contributed by atoms with E-state index in [1.807, 2.05) is 12.1 Å². The molecule has 4 rings (SSSR count). The van der Waals surface area contributed by atoms with Crippen LogP contribution in [0.1, 0.15) is 9.67 Å². The predicted molar refractivity (Wildman–Crippen MR) is 112 cm³/mol. The molecule has 2 aromatic heterocycles. The molecule has 3 aromatic rings. The Morgan fingerprint density at radius 3 is 2.71 bits per heavy atom. The third-order valence-corrected chi connectivity index (χ3v) is 5.79. The molecule has 1 aromatic carbocycles. The number of carboxylic acids is 1. The number of nitrogens with zero attached hydrogens (tertiary/aromatic N) is 4. The summed E-state index contributed by atoms with van der Waals surface area (Å²) in [6, 6.07) is 13.4. The molecule has 1 aliphatic rings. The molecule has 0 unspecified atom stereocenters. The van der Waals surface area contributed by atoms with Gasteiger partial charge in [-0.3, -0.25) is 0 Å². The molecule has 0 aliphatic carbocycles. The van der Waals surface area contributed by atoms with Crippen LogP contribution < -0.4 is 10.2 Å². The molecule has 0 atom stereocenters. The molecule has 3 heterocycles. The predicted octanol–water partition coefficient (Wildman–Crippen LogP) is 3.40. The van der Waals surface area contributed by atoms with E-state index in [-0.39, 0.29) is 0 Å². The monoisotopic (exact) mass is 395 g/mol. The second kappa shape index (κ2) is 7.95. The number of likely N-dealkylation sites (N-methyl/N-ethyl adjacent to an activating group) is 1. The second-order valence-corrected chi connectivity index (χ2v) is 7.78. The van der Waals surface area contributed by atoms with Gasteiger partial charge < -0.3 is 20.2 Å². The maximum Gasteiger partial charge on any atom is 0.345 e. The molecule has 0 saturated carbocycles. The molecular weight excluding hydrogens is 374 g/mol. The zero-order valence-corrected chi connectivity index (χ0v) is 16.3. The molecule has 7 nitrogen and oxygen atoms in total. The first-order chi connectivity index (χ1) is 13.6. The van der Waals surface area contributed by atoms with Crippen LogP contribution >= 0.6 is 11.3 Å². The van der Waals surface area contributed by atoms with Gasteiger partial charge in [-0.05, 0) is 43.4 Å². The van der Waals surface area contributed by atoms with E-state index in [4.69, 9.17) is 5.11 Å². The van der Waals surface area contributed by atoms with Gasteiger partial charge in [0, 0.05) is 43.8 Å². The van der Waals surface area contributed by atoms with Gasteiger partial charge >= 0.3 is 5.97 Å². The summed E-state index contributed by atoms with van der Waals surface area (Å²) in [6.07, 6.45) is 1.68. The minimum atomic E-state index is -0.927. The van der Waals surface area contributed by atoms with Crippen LogP contribution in [-0.2, 0) is 0 Å². The van der Waals surface area contributed by atoms with E-state index in [0.29, 0.717) is 16.5 Å². The van der Waals surface area contributed by atoms with Crippen molar-refractivity contribution in [2.75, 3.05) is 43.4 Å². The highest BCUT2D eigenvalue weighted by Gasteiger charge is 2.15. The van der Waals surface area contributed by atoms with Crippen molar-refractivity contribution < 1.29 is 9.90 Å². The number of thiophene rings is 1. The van der Waals surface area contributed by atoms with E-state index in [2.05, 4.69) is 44.3 Å². The lowest BCUT2D eigenvalue weighted by atomic mass is 10.2. The lowest BCUT2D eigenvalue weighted by molar-refractivity contribution is 0.0702. The van der Waals surface area contributed by atoms with E-state index < -0.39 is 5.97 Å².